The van der Waals surface area contributed by atoms with Crippen molar-refractivity contribution in [2.75, 3.05) is 0 Å². The summed E-state index contributed by atoms with van der Waals surface area (Å²) >= 11 is 1.77. The second-order valence-corrected chi connectivity index (χ2v) is 6.22. The zero-order chi connectivity index (χ0) is 15.2. The standard InChI is InChI=1S/C19H20N2S/c1-2-17-18(13-15-9-5-3-6-10-15)21-19(20-17)22-14-16-11-7-4-8-12-16/h3-12H,2,13-14H2,1H3,(H,20,21). The van der Waals surface area contributed by atoms with Gasteiger partial charge in [-0.15, -0.1) is 0 Å². The molecular formula is C19H20N2S. The van der Waals surface area contributed by atoms with Gasteiger partial charge in [0.25, 0.3) is 0 Å². The molecule has 0 aliphatic carbocycles. The summed E-state index contributed by atoms with van der Waals surface area (Å²) in [5, 5.41) is 1.02. The monoisotopic (exact) mass is 308 g/mol. The topological polar surface area (TPSA) is 28.7 Å². The normalized spacial score (nSPS) is 10.8. The number of H-pyrrole nitrogens is 1. The van der Waals surface area contributed by atoms with Gasteiger partial charge in [-0.1, -0.05) is 79.3 Å². The van der Waals surface area contributed by atoms with Gasteiger partial charge in [0.2, 0.25) is 0 Å². The zero-order valence-electron chi connectivity index (χ0n) is 12.8. The minimum atomic E-state index is 0.920. The summed E-state index contributed by atoms with van der Waals surface area (Å²) in [4.78, 5) is 8.25. The van der Waals surface area contributed by atoms with E-state index in [0.717, 1.165) is 23.8 Å². The lowest BCUT2D eigenvalue weighted by atomic mass is 10.1. The summed E-state index contributed by atoms with van der Waals surface area (Å²) < 4.78 is 0. The number of aromatic amines is 1. The van der Waals surface area contributed by atoms with Crippen molar-refractivity contribution in [1.82, 2.24) is 9.97 Å². The number of aryl methyl sites for hydroxylation is 1. The molecule has 2 aromatic carbocycles. The highest BCUT2D eigenvalue weighted by atomic mass is 32.2. The lowest BCUT2D eigenvalue weighted by molar-refractivity contribution is 0.991. The molecule has 3 heteroatoms. The minimum absolute atomic E-state index is 0.920. The number of hydrogen-bond donors (Lipinski definition) is 1. The zero-order valence-corrected chi connectivity index (χ0v) is 13.6. The van der Waals surface area contributed by atoms with Crippen LogP contribution in [0.25, 0.3) is 0 Å². The summed E-state index contributed by atoms with van der Waals surface area (Å²) in [6, 6.07) is 21.1. The van der Waals surface area contributed by atoms with Gasteiger partial charge >= 0.3 is 0 Å². The van der Waals surface area contributed by atoms with E-state index in [1.165, 1.54) is 22.5 Å². The predicted molar refractivity (Wildman–Crippen MR) is 93.2 cm³/mol. The maximum absolute atomic E-state index is 4.75. The number of rotatable bonds is 6. The number of nitrogens with one attached hydrogen (secondary N) is 1. The van der Waals surface area contributed by atoms with Gasteiger partial charge in [0.1, 0.15) is 0 Å². The summed E-state index contributed by atoms with van der Waals surface area (Å²) in [6.07, 6.45) is 1.88. The molecule has 0 bridgehead atoms. The Hall–Kier alpha value is -2.00. The Kier molecular flexibility index (Phi) is 4.96. The van der Waals surface area contributed by atoms with Gasteiger partial charge in [-0.25, -0.2) is 4.98 Å². The third-order valence-corrected chi connectivity index (χ3v) is 4.56. The highest BCUT2D eigenvalue weighted by molar-refractivity contribution is 7.98. The lowest BCUT2D eigenvalue weighted by Gasteiger charge is -2.01. The average molecular weight is 308 g/mol. The molecule has 0 amide bonds. The number of benzene rings is 2. The Balaban J connectivity index is 1.71. The van der Waals surface area contributed by atoms with Gasteiger partial charge in [-0.05, 0) is 17.5 Å². The molecule has 3 rings (SSSR count). The van der Waals surface area contributed by atoms with Crippen LogP contribution in [0.1, 0.15) is 29.4 Å². The van der Waals surface area contributed by atoms with E-state index in [9.17, 15) is 0 Å². The fourth-order valence-corrected chi connectivity index (χ4v) is 3.32. The average Bonchev–Trinajstić information content (AvgIpc) is 2.97. The maximum Gasteiger partial charge on any atom is 0.166 e. The molecule has 112 valence electrons. The fraction of sp³-hybridized carbons (Fsp3) is 0.211. The van der Waals surface area contributed by atoms with Crippen LogP contribution >= 0.6 is 11.8 Å². The summed E-state index contributed by atoms with van der Waals surface area (Å²) in [5.41, 5.74) is 5.07. The summed E-state index contributed by atoms with van der Waals surface area (Å²) in [7, 11) is 0. The summed E-state index contributed by atoms with van der Waals surface area (Å²) in [5.74, 6) is 0.947. The quantitative estimate of drug-likeness (QED) is 0.659. The molecular weight excluding hydrogens is 288 g/mol. The second-order valence-electron chi connectivity index (χ2n) is 5.26. The van der Waals surface area contributed by atoms with E-state index in [4.69, 9.17) is 4.98 Å². The molecule has 0 radical (unpaired) electrons. The second kappa shape index (κ2) is 7.32. The van der Waals surface area contributed by atoms with Crippen molar-refractivity contribution in [2.24, 2.45) is 0 Å². The van der Waals surface area contributed by atoms with Crippen molar-refractivity contribution in [1.29, 1.82) is 0 Å². The third-order valence-electron chi connectivity index (χ3n) is 3.62. The Morgan fingerprint density at radius 1 is 0.909 bits per heavy atom. The van der Waals surface area contributed by atoms with Crippen molar-refractivity contribution in [2.45, 2.75) is 30.7 Å². The highest BCUT2D eigenvalue weighted by Gasteiger charge is 2.10. The van der Waals surface area contributed by atoms with Gasteiger partial charge < -0.3 is 4.98 Å². The first-order valence-corrected chi connectivity index (χ1v) is 8.62. The van der Waals surface area contributed by atoms with E-state index in [2.05, 4.69) is 66.5 Å². The lowest BCUT2D eigenvalue weighted by Crippen LogP contribution is -1.93. The van der Waals surface area contributed by atoms with E-state index in [0.29, 0.717) is 0 Å². The molecule has 0 spiro atoms. The van der Waals surface area contributed by atoms with Crippen molar-refractivity contribution >= 4 is 11.8 Å². The van der Waals surface area contributed by atoms with Crippen molar-refractivity contribution in [3.05, 3.63) is 83.2 Å². The van der Waals surface area contributed by atoms with Gasteiger partial charge in [-0.2, -0.15) is 0 Å². The molecule has 3 aromatic rings. The van der Waals surface area contributed by atoms with E-state index >= 15 is 0 Å². The highest BCUT2D eigenvalue weighted by Crippen LogP contribution is 2.23. The van der Waals surface area contributed by atoms with Crippen LogP contribution in [0.5, 0.6) is 0 Å². The van der Waals surface area contributed by atoms with E-state index < -0.39 is 0 Å². The smallest absolute Gasteiger partial charge is 0.166 e. The van der Waals surface area contributed by atoms with Gasteiger partial charge in [0.15, 0.2) is 5.16 Å². The first-order valence-electron chi connectivity index (χ1n) is 7.63. The van der Waals surface area contributed by atoms with Gasteiger partial charge in [0, 0.05) is 17.9 Å². The summed E-state index contributed by atoms with van der Waals surface area (Å²) in [6.45, 7) is 2.16. The molecule has 22 heavy (non-hydrogen) atoms. The molecule has 0 fully saturated rings. The molecule has 0 aliphatic rings. The number of aromatic nitrogens is 2. The van der Waals surface area contributed by atoms with Crippen LogP contribution in [0.3, 0.4) is 0 Å². The minimum Gasteiger partial charge on any atom is -0.336 e. The molecule has 0 saturated heterocycles. The Bertz CT molecular complexity index is 705. The molecule has 1 N–H and O–H groups in total. The van der Waals surface area contributed by atoms with Crippen LogP contribution < -0.4 is 0 Å². The Morgan fingerprint density at radius 2 is 1.55 bits per heavy atom. The van der Waals surface area contributed by atoms with Crippen LogP contribution in [0.2, 0.25) is 0 Å². The number of imidazole rings is 1. The molecule has 0 aliphatic heterocycles. The molecule has 0 unspecified atom stereocenters. The number of nitrogens with zero attached hydrogens (tertiary/aromatic N) is 1. The van der Waals surface area contributed by atoms with E-state index in [-0.39, 0.29) is 0 Å². The molecule has 0 saturated carbocycles. The number of thioether (sulfide) groups is 1. The van der Waals surface area contributed by atoms with E-state index in [1.54, 1.807) is 11.8 Å². The molecule has 2 nitrogen and oxygen atoms in total. The first-order chi connectivity index (χ1) is 10.8. The first kappa shape index (κ1) is 14.9. The van der Waals surface area contributed by atoms with Crippen molar-refractivity contribution in [3.63, 3.8) is 0 Å². The SMILES string of the molecule is CCc1nc(SCc2ccccc2)[nH]c1Cc1ccccc1. The predicted octanol–water partition coefficient (Wildman–Crippen LogP) is 4.86. The van der Waals surface area contributed by atoms with E-state index in [1.807, 2.05) is 6.07 Å². The maximum atomic E-state index is 4.75. The fourth-order valence-electron chi connectivity index (χ4n) is 2.45. The van der Waals surface area contributed by atoms with Crippen LogP contribution in [0, 0.1) is 0 Å². The van der Waals surface area contributed by atoms with Crippen LogP contribution in [0.4, 0.5) is 0 Å². The Morgan fingerprint density at radius 3 is 2.18 bits per heavy atom. The van der Waals surface area contributed by atoms with Crippen LogP contribution in [0.15, 0.2) is 65.8 Å². The largest absolute Gasteiger partial charge is 0.336 e. The van der Waals surface area contributed by atoms with Crippen LogP contribution in [-0.2, 0) is 18.6 Å². The van der Waals surface area contributed by atoms with Crippen molar-refractivity contribution in [3.8, 4) is 0 Å². The number of hydrogen-bond acceptors (Lipinski definition) is 2. The van der Waals surface area contributed by atoms with Gasteiger partial charge in [0.05, 0.1) is 5.69 Å². The molecule has 0 atom stereocenters. The van der Waals surface area contributed by atoms with Gasteiger partial charge in [-0.3, -0.25) is 0 Å². The Labute approximate surface area is 136 Å². The molecule has 1 heterocycles. The molecule has 1 aromatic heterocycles. The van der Waals surface area contributed by atoms with Crippen molar-refractivity contribution < 1.29 is 0 Å². The third kappa shape index (κ3) is 3.80. The van der Waals surface area contributed by atoms with Crippen LogP contribution in [-0.4, -0.2) is 9.97 Å².